The van der Waals surface area contributed by atoms with E-state index in [1.165, 1.54) is 6.07 Å². The van der Waals surface area contributed by atoms with Crippen LogP contribution >= 0.6 is 0 Å². The standard InChI is InChI=1S/C24H19FN6O2/c1-14-19-18(10-6-12-33-2)27-22(28-21(19)29-24(14)32)20-16-8-5-11-26-23(16)31(30-20)13-15-7-3-4-9-17(15)25/h3-5,7-9,11,14H,12-13H2,1-2H3,(H,27,28,29,32). The molecule has 1 amide bonds. The van der Waals surface area contributed by atoms with Gasteiger partial charge in [0.1, 0.15) is 29.6 Å². The summed E-state index contributed by atoms with van der Waals surface area (Å²) in [7, 11) is 1.56. The van der Waals surface area contributed by atoms with Gasteiger partial charge in [0.25, 0.3) is 0 Å². The van der Waals surface area contributed by atoms with Gasteiger partial charge in [0.15, 0.2) is 11.5 Å². The van der Waals surface area contributed by atoms with Crippen molar-refractivity contribution in [1.29, 1.82) is 0 Å². The molecule has 1 atom stereocenters. The number of nitrogens with zero attached hydrogens (tertiary/aromatic N) is 5. The first-order valence-corrected chi connectivity index (χ1v) is 10.3. The third-order valence-corrected chi connectivity index (χ3v) is 5.43. The monoisotopic (exact) mass is 442 g/mol. The van der Waals surface area contributed by atoms with E-state index in [0.717, 1.165) is 0 Å². The molecule has 164 valence electrons. The molecule has 1 unspecified atom stereocenters. The van der Waals surface area contributed by atoms with E-state index in [2.05, 4.69) is 37.2 Å². The molecular formula is C24H19FN6O2. The van der Waals surface area contributed by atoms with Crippen LogP contribution in [-0.4, -0.2) is 44.4 Å². The average Bonchev–Trinajstić information content (AvgIpc) is 3.32. The molecule has 4 heterocycles. The van der Waals surface area contributed by atoms with Gasteiger partial charge in [0, 0.05) is 24.4 Å². The zero-order chi connectivity index (χ0) is 22.9. The van der Waals surface area contributed by atoms with Gasteiger partial charge in [-0.1, -0.05) is 24.1 Å². The van der Waals surface area contributed by atoms with Gasteiger partial charge < -0.3 is 10.1 Å². The molecule has 0 saturated carbocycles. The highest BCUT2D eigenvalue weighted by Crippen LogP contribution is 2.35. The number of amides is 1. The Bertz CT molecular complexity index is 1450. The van der Waals surface area contributed by atoms with E-state index in [1.807, 2.05) is 6.07 Å². The van der Waals surface area contributed by atoms with Crippen LogP contribution in [0.25, 0.3) is 22.6 Å². The Morgan fingerprint density at radius 3 is 2.88 bits per heavy atom. The smallest absolute Gasteiger partial charge is 0.233 e. The number of rotatable bonds is 4. The van der Waals surface area contributed by atoms with Gasteiger partial charge in [0.2, 0.25) is 5.91 Å². The Labute approximate surface area is 188 Å². The van der Waals surface area contributed by atoms with E-state index in [-0.39, 0.29) is 24.9 Å². The van der Waals surface area contributed by atoms with Crippen LogP contribution in [0.4, 0.5) is 10.2 Å². The minimum absolute atomic E-state index is 0.164. The highest BCUT2D eigenvalue weighted by molar-refractivity contribution is 6.02. The van der Waals surface area contributed by atoms with Gasteiger partial charge in [-0.3, -0.25) is 4.79 Å². The molecule has 1 aliphatic rings. The van der Waals surface area contributed by atoms with Crippen molar-refractivity contribution in [1.82, 2.24) is 24.7 Å². The van der Waals surface area contributed by atoms with Gasteiger partial charge in [-0.25, -0.2) is 24.0 Å². The van der Waals surface area contributed by atoms with E-state index >= 15 is 0 Å². The molecule has 1 N–H and O–H groups in total. The maximum atomic E-state index is 14.3. The van der Waals surface area contributed by atoms with Crippen LogP contribution in [0.5, 0.6) is 0 Å². The fraction of sp³-hybridized carbons (Fsp3) is 0.208. The number of benzene rings is 1. The summed E-state index contributed by atoms with van der Waals surface area (Å²) in [6, 6.07) is 10.2. The number of carbonyl (C=O) groups is 1. The first kappa shape index (κ1) is 20.7. The number of hydrogen-bond acceptors (Lipinski definition) is 6. The van der Waals surface area contributed by atoms with Gasteiger partial charge in [-0.05, 0) is 31.0 Å². The van der Waals surface area contributed by atoms with Gasteiger partial charge in [0.05, 0.1) is 17.8 Å². The van der Waals surface area contributed by atoms with Gasteiger partial charge >= 0.3 is 0 Å². The molecule has 0 fully saturated rings. The Kier molecular flexibility index (Phi) is 5.28. The molecule has 1 aliphatic heterocycles. The highest BCUT2D eigenvalue weighted by Gasteiger charge is 2.32. The van der Waals surface area contributed by atoms with Gasteiger partial charge in [-0.2, -0.15) is 5.10 Å². The summed E-state index contributed by atoms with van der Waals surface area (Å²) in [4.78, 5) is 26.0. The predicted octanol–water partition coefficient (Wildman–Crippen LogP) is 3.13. The van der Waals surface area contributed by atoms with E-state index in [1.54, 1.807) is 49.2 Å². The fourth-order valence-corrected chi connectivity index (χ4v) is 3.80. The molecule has 9 heteroatoms. The normalized spacial score (nSPS) is 14.6. The van der Waals surface area contributed by atoms with Crippen molar-refractivity contribution in [3.8, 4) is 23.4 Å². The third-order valence-electron chi connectivity index (χ3n) is 5.43. The minimum Gasteiger partial charge on any atom is -0.372 e. The Hall–Kier alpha value is -4.16. The molecule has 4 aromatic rings. The average molecular weight is 442 g/mol. The van der Waals surface area contributed by atoms with E-state index < -0.39 is 5.92 Å². The summed E-state index contributed by atoms with van der Waals surface area (Å²) < 4.78 is 20.9. The van der Waals surface area contributed by atoms with E-state index in [4.69, 9.17) is 4.74 Å². The van der Waals surface area contributed by atoms with Crippen LogP contribution in [0.3, 0.4) is 0 Å². The van der Waals surface area contributed by atoms with Crippen molar-refractivity contribution < 1.29 is 13.9 Å². The first-order valence-electron chi connectivity index (χ1n) is 10.3. The maximum absolute atomic E-state index is 14.3. The van der Waals surface area contributed by atoms with Crippen LogP contribution in [0.1, 0.15) is 29.7 Å². The quantitative estimate of drug-likeness (QED) is 0.488. The van der Waals surface area contributed by atoms with Crippen molar-refractivity contribution in [3.63, 3.8) is 0 Å². The number of nitrogens with one attached hydrogen (secondary N) is 1. The maximum Gasteiger partial charge on any atom is 0.233 e. The Balaban J connectivity index is 1.67. The van der Waals surface area contributed by atoms with Gasteiger partial charge in [-0.15, -0.1) is 0 Å². The number of halogens is 1. The van der Waals surface area contributed by atoms with Crippen molar-refractivity contribution in [2.75, 3.05) is 19.0 Å². The molecule has 0 radical (unpaired) electrons. The fourth-order valence-electron chi connectivity index (χ4n) is 3.80. The summed E-state index contributed by atoms with van der Waals surface area (Å²) in [6.07, 6.45) is 1.65. The number of fused-ring (bicyclic) bond motifs is 2. The molecule has 0 bridgehead atoms. The second-order valence-electron chi connectivity index (χ2n) is 7.58. The van der Waals surface area contributed by atoms with Crippen molar-refractivity contribution >= 4 is 22.8 Å². The molecule has 3 aromatic heterocycles. The zero-order valence-electron chi connectivity index (χ0n) is 18.0. The largest absolute Gasteiger partial charge is 0.372 e. The molecule has 0 saturated heterocycles. The lowest BCUT2D eigenvalue weighted by atomic mass is 10.0. The van der Waals surface area contributed by atoms with Crippen LogP contribution in [0.15, 0.2) is 42.6 Å². The van der Waals surface area contributed by atoms with Crippen molar-refractivity contribution in [2.24, 2.45) is 0 Å². The lowest BCUT2D eigenvalue weighted by Crippen LogP contribution is -2.08. The summed E-state index contributed by atoms with van der Waals surface area (Å²) in [6.45, 7) is 2.21. The van der Waals surface area contributed by atoms with Crippen LogP contribution < -0.4 is 5.32 Å². The number of methoxy groups -OCH3 is 1. The van der Waals surface area contributed by atoms with E-state index in [0.29, 0.717) is 45.2 Å². The molecule has 0 spiro atoms. The van der Waals surface area contributed by atoms with Crippen molar-refractivity contribution in [2.45, 2.75) is 19.4 Å². The predicted molar refractivity (Wildman–Crippen MR) is 120 cm³/mol. The van der Waals surface area contributed by atoms with E-state index in [9.17, 15) is 9.18 Å². The second kappa shape index (κ2) is 8.41. The number of aromatic nitrogens is 5. The number of ether oxygens (including phenoxy) is 1. The Morgan fingerprint density at radius 2 is 2.06 bits per heavy atom. The molecular weight excluding hydrogens is 423 g/mol. The molecule has 33 heavy (non-hydrogen) atoms. The number of carbonyl (C=O) groups excluding carboxylic acids is 1. The summed E-state index contributed by atoms with van der Waals surface area (Å²) in [5, 5.41) is 8.19. The lowest BCUT2D eigenvalue weighted by molar-refractivity contribution is -0.116. The minimum atomic E-state index is -0.419. The summed E-state index contributed by atoms with van der Waals surface area (Å²) >= 11 is 0. The second-order valence-corrected chi connectivity index (χ2v) is 7.58. The van der Waals surface area contributed by atoms with Crippen LogP contribution in [-0.2, 0) is 16.1 Å². The first-order chi connectivity index (χ1) is 16.1. The summed E-state index contributed by atoms with van der Waals surface area (Å²) in [5.74, 6) is 5.70. The molecule has 1 aromatic carbocycles. The number of anilines is 1. The van der Waals surface area contributed by atoms with Crippen LogP contribution in [0, 0.1) is 17.7 Å². The Morgan fingerprint density at radius 1 is 1.21 bits per heavy atom. The molecule has 5 rings (SSSR count). The highest BCUT2D eigenvalue weighted by atomic mass is 19.1. The molecule has 8 nitrogen and oxygen atoms in total. The van der Waals surface area contributed by atoms with Crippen molar-refractivity contribution in [3.05, 3.63) is 65.2 Å². The SMILES string of the molecule is COCC#Cc1nc(-c2nn(Cc3ccccc3F)c3ncccc23)nc2c1C(C)C(=O)N2. The number of pyridine rings is 1. The number of hydrogen-bond donors (Lipinski definition) is 1. The molecule has 0 aliphatic carbocycles. The topological polar surface area (TPSA) is 94.8 Å². The third kappa shape index (κ3) is 3.70. The zero-order valence-corrected chi connectivity index (χ0v) is 18.0. The van der Waals surface area contributed by atoms with Crippen LogP contribution in [0.2, 0.25) is 0 Å². The lowest BCUT2D eigenvalue weighted by Gasteiger charge is -2.06. The summed E-state index contributed by atoms with van der Waals surface area (Å²) in [5.41, 5.74) is 2.63.